The normalized spacial score (nSPS) is 14.2. The number of anilines is 1. The van der Waals surface area contributed by atoms with Gasteiger partial charge in [0, 0.05) is 43.0 Å². The van der Waals surface area contributed by atoms with Crippen LogP contribution in [0.2, 0.25) is 0 Å². The lowest BCUT2D eigenvalue weighted by Gasteiger charge is -2.37. The molecule has 0 aliphatic carbocycles. The van der Waals surface area contributed by atoms with Gasteiger partial charge in [0.25, 0.3) is 5.91 Å². The molecule has 4 aromatic rings. The van der Waals surface area contributed by atoms with E-state index < -0.39 is 0 Å². The van der Waals surface area contributed by atoms with Crippen molar-refractivity contribution in [2.45, 2.75) is 20.8 Å². The number of carbonyl (C=O) groups is 1. The van der Waals surface area contributed by atoms with E-state index in [9.17, 15) is 4.79 Å². The Kier molecular flexibility index (Phi) is 5.17. The minimum atomic E-state index is 0.0589. The Morgan fingerprint density at radius 3 is 2.31 bits per heavy atom. The fourth-order valence-corrected chi connectivity index (χ4v) is 4.38. The number of carbonyl (C=O) groups excluding carboxylic acids is 1. The molecule has 1 amide bonds. The van der Waals surface area contributed by atoms with Gasteiger partial charge in [-0.05, 0) is 56.2 Å². The van der Waals surface area contributed by atoms with E-state index in [4.69, 9.17) is 4.52 Å². The molecule has 0 bridgehead atoms. The van der Waals surface area contributed by atoms with E-state index in [1.54, 1.807) is 0 Å². The van der Waals surface area contributed by atoms with Gasteiger partial charge in [0.15, 0.2) is 5.76 Å². The zero-order chi connectivity index (χ0) is 22.2. The molecule has 5 heteroatoms. The van der Waals surface area contributed by atoms with Crippen molar-refractivity contribution in [1.29, 1.82) is 0 Å². The summed E-state index contributed by atoms with van der Waals surface area (Å²) in [7, 11) is 0. The summed E-state index contributed by atoms with van der Waals surface area (Å²) >= 11 is 0. The summed E-state index contributed by atoms with van der Waals surface area (Å²) in [5.74, 6) is 0.762. The SMILES string of the molecule is Cc1ccc(-c2onc3ccc(C(=O)N4CCN(c5cc(C)ccc5C)CC4)cc23)cc1. The highest BCUT2D eigenvalue weighted by molar-refractivity contribution is 6.01. The van der Waals surface area contributed by atoms with Crippen LogP contribution in [0.1, 0.15) is 27.0 Å². The van der Waals surface area contributed by atoms with Crippen LogP contribution in [-0.2, 0) is 0 Å². The third-order valence-electron chi connectivity index (χ3n) is 6.31. The largest absolute Gasteiger partial charge is 0.368 e. The molecule has 0 unspecified atom stereocenters. The molecule has 1 saturated heterocycles. The highest BCUT2D eigenvalue weighted by Gasteiger charge is 2.24. The van der Waals surface area contributed by atoms with E-state index >= 15 is 0 Å². The number of rotatable bonds is 3. The van der Waals surface area contributed by atoms with Crippen LogP contribution in [0.25, 0.3) is 22.2 Å². The van der Waals surface area contributed by atoms with Crippen LogP contribution >= 0.6 is 0 Å². The van der Waals surface area contributed by atoms with Crippen LogP contribution in [0.3, 0.4) is 0 Å². The second-order valence-corrected chi connectivity index (χ2v) is 8.68. The summed E-state index contributed by atoms with van der Waals surface area (Å²) in [4.78, 5) is 17.6. The van der Waals surface area contributed by atoms with Crippen molar-refractivity contribution < 1.29 is 9.32 Å². The van der Waals surface area contributed by atoms with Gasteiger partial charge in [-0.25, -0.2) is 0 Å². The summed E-state index contributed by atoms with van der Waals surface area (Å²) in [6.45, 7) is 9.40. The summed E-state index contributed by atoms with van der Waals surface area (Å²) in [6, 6.07) is 20.3. The van der Waals surface area contributed by atoms with Crippen molar-refractivity contribution in [3.05, 3.63) is 82.9 Å². The number of fused-ring (bicyclic) bond motifs is 1. The number of aryl methyl sites for hydroxylation is 3. The zero-order valence-corrected chi connectivity index (χ0v) is 18.8. The zero-order valence-electron chi connectivity index (χ0n) is 18.8. The van der Waals surface area contributed by atoms with Crippen molar-refractivity contribution in [2.75, 3.05) is 31.1 Å². The molecule has 2 heterocycles. The van der Waals surface area contributed by atoms with Gasteiger partial charge in [-0.1, -0.05) is 47.1 Å². The first-order chi connectivity index (χ1) is 15.5. The highest BCUT2D eigenvalue weighted by atomic mass is 16.5. The van der Waals surface area contributed by atoms with Gasteiger partial charge in [0.2, 0.25) is 0 Å². The Morgan fingerprint density at radius 2 is 1.56 bits per heavy atom. The minimum absolute atomic E-state index is 0.0589. The lowest BCUT2D eigenvalue weighted by atomic mass is 10.0. The van der Waals surface area contributed by atoms with Gasteiger partial charge < -0.3 is 14.3 Å². The topological polar surface area (TPSA) is 49.6 Å². The van der Waals surface area contributed by atoms with Crippen LogP contribution in [0.5, 0.6) is 0 Å². The van der Waals surface area contributed by atoms with Crippen LogP contribution in [-0.4, -0.2) is 42.1 Å². The average Bonchev–Trinajstić information content (AvgIpc) is 3.24. The van der Waals surface area contributed by atoms with Gasteiger partial charge in [-0.2, -0.15) is 0 Å². The standard InChI is InChI=1S/C27H27N3O2/c1-18-5-8-21(9-6-18)26-23-17-22(10-11-24(23)28-32-26)27(31)30-14-12-29(13-15-30)25-16-19(2)4-7-20(25)3/h4-11,16-17H,12-15H2,1-3H3. The van der Waals surface area contributed by atoms with E-state index in [-0.39, 0.29) is 5.91 Å². The van der Waals surface area contributed by atoms with Crippen LogP contribution in [0, 0.1) is 20.8 Å². The number of benzene rings is 3. The third kappa shape index (κ3) is 3.75. The van der Waals surface area contributed by atoms with E-state index in [2.05, 4.69) is 49.0 Å². The summed E-state index contributed by atoms with van der Waals surface area (Å²) in [6.07, 6.45) is 0. The highest BCUT2D eigenvalue weighted by Crippen LogP contribution is 2.30. The maximum absolute atomic E-state index is 13.3. The van der Waals surface area contributed by atoms with E-state index in [1.165, 1.54) is 22.4 Å². The molecule has 32 heavy (non-hydrogen) atoms. The maximum Gasteiger partial charge on any atom is 0.254 e. The Hall–Kier alpha value is -3.60. The Balaban J connectivity index is 1.36. The predicted octanol–water partition coefficient (Wildman–Crippen LogP) is 5.38. The smallest absolute Gasteiger partial charge is 0.254 e. The molecule has 162 valence electrons. The molecule has 0 radical (unpaired) electrons. The number of nitrogens with zero attached hydrogens (tertiary/aromatic N) is 3. The average molecular weight is 426 g/mol. The van der Waals surface area contributed by atoms with Crippen LogP contribution in [0.15, 0.2) is 65.2 Å². The first-order valence-electron chi connectivity index (χ1n) is 11.1. The number of amides is 1. The molecule has 0 spiro atoms. The summed E-state index contributed by atoms with van der Waals surface area (Å²) < 4.78 is 5.62. The van der Waals surface area contributed by atoms with Gasteiger partial charge in [0.05, 0.1) is 5.39 Å². The predicted molar refractivity (Wildman–Crippen MR) is 128 cm³/mol. The molecule has 1 fully saturated rings. The second-order valence-electron chi connectivity index (χ2n) is 8.68. The molecule has 1 aliphatic heterocycles. The van der Waals surface area contributed by atoms with E-state index in [0.29, 0.717) is 24.4 Å². The van der Waals surface area contributed by atoms with Gasteiger partial charge in [0.1, 0.15) is 5.52 Å². The fraction of sp³-hybridized carbons (Fsp3) is 0.259. The van der Waals surface area contributed by atoms with Crippen molar-refractivity contribution in [3.8, 4) is 11.3 Å². The molecular formula is C27H27N3O2. The Bertz CT molecular complexity index is 1280. The number of hydrogen-bond donors (Lipinski definition) is 0. The van der Waals surface area contributed by atoms with Crippen molar-refractivity contribution in [2.24, 2.45) is 0 Å². The maximum atomic E-state index is 13.3. The van der Waals surface area contributed by atoms with Crippen LogP contribution in [0.4, 0.5) is 5.69 Å². The number of aromatic nitrogens is 1. The molecule has 5 rings (SSSR count). The molecule has 1 aliphatic rings. The third-order valence-corrected chi connectivity index (χ3v) is 6.31. The molecule has 0 atom stereocenters. The minimum Gasteiger partial charge on any atom is -0.368 e. The van der Waals surface area contributed by atoms with Gasteiger partial charge in [-0.3, -0.25) is 4.79 Å². The fourth-order valence-electron chi connectivity index (χ4n) is 4.38. The van der Waals surface area contributed by atoms with E-state index in [1.807, 2.05) is 47.4 Å². The first-order valence-corrected chi connectivity index (χ1v) is 11.1. The summed E-state index contributed by atoms with van der Waals surface area (Å²) in [5, 5.41) is 5.05. The number of hydrogen-bond acceptors (Lipinski definition) is 4. The van der Waals surface area contributed by atoms with Gasteiger partial charge in [-0.15, -0.1) is 0 Å². The molecule has 0 saturated carbocycles. The molecule has 1 aromatic heterocycles. The van der Waals surface area contributed by atoms with E-state index in [0.717, 1.165) is 29.6 Å². The molecular weight excluding hydrogens is 398 g/mol. The lowest BCUT2D eigenvalue weighted by Crippen LogP contribution is -2.49. The second kappa shape index (κ2) is 8.15. The molecule has 0 N–H and O–H groups in total. The first kappa shape index (κ1) is 20.3. The molecule has 3 aromatic carbocycles. The summed E-state index contributed by atoms with van der Waals surface area (Å²) in [5.41, 5.74) is 7.39. The molecule has 5 nitrogen and oxygen atoms in total. The monoisotopic (exact) mass is 425 g/mol. The van der Waals surface area contributed by atoms with Crippen molar-refractivity contribution >= 4 is 22.5 Å². The van der Waals surface area contributed by atoms with Crippen LogP contribution < -0.4 is 4.90 Å². The quantitative estimate of drug-likeness (QED) is 0.442. The number of piperazine rings is 1. The Morgan fingerprint density at radius 1 is 0.844 bits per heavy atom. The van der Waals surface area contributed by atoms with Gasteiger partial charge >= 0.3 is 0 Å². The van der Waals surface area contributed by atoms with Crippen molar-refractivity contribution in [3.63, 3.8) is 0 Å². The lowest BCUT2D eigenvalue weighted by molar-refractivity contribution is 0.0747. The Labute approximate surface area is 188 Å². The van der Waals surface area contributed by atoms with Crippen molar-refractivity contribution in [1.82, 2.24) is 10.1 Å².